The standard InChI is InChI=1S/C20H28O3/c1-5-6-7-12-22-16-9-11-17-15(4)18(10-8-14(2)3)20(21)23-19(17)13-16/h9,11,13-14H,5-8,10,12H2,1-4H3. The molecule has 0 aliphatic heterocycles. The van der Waals surface area contributed by atoms with Crippen LogP contribution in [-0.4, -0.2) is 6.61 Å². The maximum absolute atomic E-state index is 12.3. The van der Waals surface area contributed by atoms with Gasteiger partial charge < -0.3 is 9.15 Å². The fourth-order valence-electron chi connectivity index (χ4n) is 2.73. The van der Waals surface area contributed by atoms with Crippen LogP contribution in [0.15, 0.2) is 27.4 Å². The molecule has 23 heavy (non-hydrogen) atoms. The molecule has 3 heteroatoms. The molecule has 0 aliphatic rings. The average Bonchev–Trinajstić information content (AvgIpc) is 2.51. The average molecular weight is 316 g/mol. The zero-order chi connectivity index (χ0) is 16.8. The molecule has 0 aliphatic carbocycles. The number of ether oxygens (including phenoxy) is 1. The van der Waals surface area contributed by atoms with Gasteiger partial charge in [-0.25, -0.2) is 4.79 Å². The Labute approximate surface area is 138 Å². The Hall–Kier alpha value is -1.77. The minimum Gasteiger partial charge on any atom is -0.493 e. The van der Waals surface area contributed by atoms with Crippen LogP contribution in [-0.2, 0) is 6.42 Å². The molecule has 0 spiro atoms. The van der Waals surface area contributed by atoms with Crippen molar-refractivity contribution in [1.29, 1.82) is 0 Å². The van der Waals surface area contributed by atoms with Crippen molar-refractivity contribution in [2.45, 2.75) is 59.8 Å². The Morgan fingerprint density at radius 2 is 2.00 bits per heavy atom. The molecular formula is C20H28O3. The molecule has 126 valence electrons. The van der Waals surface area contributed by atoms with Gasteiger partial charge in [0.15, 0.2) is 0 Å². The maximum Gasteiger partial charge on any atom is 0.339 e. The van der Waals surface area contributed by atoms with Crippen molar-refractivity contribution in [2.75, 3.05) is 6.61 Å². The highest BCUT2D eigenvalue weighted by atomic mass is 16.5. The van der Waals surface area contributed by atoms with Gasteiger partial charge in [-0.05, 0) is 49.8 Å². The van der Waals surface area contributed by atoms with E-state index in [2.05, 4.69) is 20.8 Å². The van der Waals surface area contributed by atoms with Crippen molar-refractivity contribution in [3.63, 3.8) is 0 Å². The van der Waals surface area contributed by atoms with Gasteiger partial charge in [-0.15, -0.1) is 0 Å². The molecule has 2 rings (SSSR count). The fraction of sp³-hybridized carbons (Fsp3) is 0.550. The van der Waals surface area contributed by atoms with E-state index in [1.54, 1.807) is 0 Å². The number of hydrogen-bond donors (Lipinski definition) is 0. The first-order valence-electron chi connectivity index (χ1n) is 8.72. The van der Waals surface area contributed by atoms with Gasteiger partial charge in [-0.2, -0.15) is 0 Å². The van der Waals surface area contributed by atoms with E-state index in [1.165, 1.54) is 12.8 Å². The van der Waals surface area contributed by atoms with Crippen LogP contribution < -0.4 is 10.4 Å². The molecule has 1 heterocycles. The molecule has 2 aromatic rings. The van der Waals surface area contributed by atoms with E-state index in [4.69, 9.17) is 9.15 Å². The number of fused-ring (bicyclic) bond motifs is 1. The zero-order valence-electron chi connectivity index (χ0n) is 14.8. The number of benzene rings is 1. The number of unbranched alkanes of at least 4 members (excludes halogenated alkanes) is 2. The Balaban J connectivity index is 2.23. The maximum atomic E-state index is 12.3. The van der Waals surface area contributed by atoms with E-state index in [-0.39, 0.29) is 5.63 Å². The van der Waals surface area contributed by atoms with Crippen LogP contribution in [0.4, 0.5) is 0 Å². The largest absolute Gasteiger partial charge is 0.493 e. The zero-order valence-corrected chi connectivity index (χ0v) is 14.8. The summed E-state index contributed by atoms with van der Waals surface area (Å²) in [5.74, 6) is 1.34. The third-order valence-electron chi connectivity index (χ3n) is 4.25. The third kappa shape index (κ3) is 4.60. The molecule has 0 amide bonds. The molecule has 1 aromatic carbocycles. The van der Waals surface area contributed by atoms with Gasteiger partial charge in [0, 0.05) is 17.0 Å². The predicted octanol–water partition coefficient (Wildman–Crippen LogP) is 5.26. The predicted molar refractivity (Wildman–Crippen MR) is 95.4 cm³/mol. The van der Waals surface area contributed by atoms with E-state index in [0.717, 1.165) is 41.5 Å². The first-order valence-corrected chi connectivity index (χ1v) is 8.72. The molecule has 0 saturated heterocycles. The molecule has 0 saturated carbocycles. The highest BCUT2D eigenvalue weighted by Gasteiger charge is 2.12. The minimum absolute atomic E-state index is 0.209. The Morgan fingerprint density at radius 1 is 1.22 bits per heavy atom. The summed E-state index contributed by atoms with van der Waals surface area (Å²) < 4.78 is 11.3. The molecule has 0 N–H and O–H groups in total. The normalized spacial score (nSPS) is 11.3. The van der Waals surface area contributed by atoms with E-state index < -0.39 is 0 Å². The molecule has 0 unspecified atom stereocenters. The highest BCUT2D eigenvalue weighted by Crippen LogP contribution is 2.25. The lowest BCUT2D eigenvalue weighted by molar-refractivity contribution is 0.306. The Kier molecular flexibility index (Phi) is 6.26. The summed E-state index contributed by atoms with van der Waals surface area (Å²) in [5, 5.41) is 1.00. The lowest BCUT2D eigenvalue weighted by Gasteiger charge is -2.11. The van der Waals surface area contributed by atoms with Crippen LogP contribution >= 0.6 is 0 Å². The van der Waals surface area contributed by atoms with Crippen LogP contribution in [0.5, 0.6) is 5.75 Å². The molecule has 0 radical (unpaired) electrons. The minimum atomic E-state index is -0.209. The first-order chi connectivity index (χ1) is 11.0. The quantitative estimate of drug-likeness (QED) is 0.492. The summed E-state index contributed by atoms with van der Waals surface area (Å²) in [6, 6.07) is 5.80. The van der Waals surface area contributed by atoms with E-state index in [9.17, 15) is 4.79 Å². The third-order valence-corrected chi connectivity index (χ3v) is 4.25. The van der Waals surface area contributed by atoms with Gasteiger partial charge in [0.05, 0.1) is 6.61 Å². The second kappa shape index (κ2) is 8.19. The van der Waals surface area contributed by atoms with Gasteiger partial charge >= 0.3 is 5.63 Å². The molecular weight excluding hydrogens is 288 g/mol. The smallest absolute Gasteiger partial charge is 0.339 e. The van der Waals surface area contributed by atoms with E-state index in [1.807, 2.05) is 25.1 Å². The molecule has 3 nitrogen and oxygen atoms in total. The van der Waals surface area contributed by atoms with Crippen LogP contribution in [0.3, 0.4) is 0 Å². The number of rotatable bonds is 8. The van der Waals surface area contributed by atoms with Crippen molar-refractivity contribution >= 4 is 11.0 Å². The van der Waals surface area contributed by atoms with Crippen LogP contribution in [0, 0.1) is 12.8 Å². The van der Waals surface area contributed by atoms with Crippen LogP contribution in [0.2, 0.25) is 0 Å². The van der Waals surface area contributed by atoms with Crippen molar-refractivity contribution in [1.82, 2.24) is 0 Å². The first kappa shape index (κ1) is 17.6. The van der Waals surface area contributed by atoms with Crippen molar-refractivity contribution in [3.8, 4) is 5.75 Å². The van der Waals surface area contributed by atoms with Crippen molar-refractivity contribution in [3.05, 3.63) is 39.7 Å². The summed E-state index contributed by atoms with van der Waals surface area (Å²) >= 11 is 0. The summed E-state index contributed by atoms with van der Waals surface area (Å²) in [5.41, 5.74) is 2.25. The van der Waals surface area contributed by atoms with Crippen molar-refractivity contribution < 1.29 is 9.15 Å². The number of aryl methyl sites for hydroxylation is 1. The van der Waals surface area contributed by atoms with E-state index >= 15 is 0 Å². The molecule has 0 bridgehead atoms. The second-order valence-electron chi connectivity index (χ2n) is 6.64. The Morgan fingerprint density at radius 3 is 2.70 bits per heavy atom. The van der Waals surface area contributed by atoms with Gasteiger partial charge in [-0.1, -0.05) is 33.6 Å². The van der Waals surface area contributed by atoms with E-state index in [0.29, 0.717) is 18.1 Å². The number of hydrogen-bond acceptors (Lipinski definition) is 3. The molecule has 0 atom stereocenters. The van der Waals surface area contributed by atoms with Gasteiger partial charge in [-0.3, -0.25) is 0 Å². The lowest BCUT2D eigenvalue weighted by atomic mass is 9.98. The van der Waals surface area contributed by atoms with Gasteiger partial charge in [0.2, 0.25) is 0 Å². The monoisotopic (exact) mass is 316 g/mol. The Bertz CT molecular complexity index is 698. The summed E-state index contributed by atoms with van der Waals surface area (Å²) in [4.78, 5) is 12.3. The highest BCUT2D eigenvalue weighted by molar-refractivity contribution is 5.82. The fourth-order valence-corrected chi connectivity index (χ4v) is 2.73. The summed E-state index contributed by atoms with van der Waals surface area (Å²) in [6.07, 6.45) is 5.16. The van der Waals surface area contributed by atoms with Crippen LogP contribution in [0.25, 0.3) is 11.0 Å². The summed E-state index contributed by atoms with van der Waals surface area (Å²) in [6.45, 7) is 9.22. The van der Waals surface area contributed by atoms with Gasteiger partial charge in [0.25, 0.3) is 0 Å². The van der Waals surface area contributed by atoms with Gasteiger partial charge in [0.1, 0.15) is 11.3 Å². The second-order valence-corrected chi connectivity index (χ2v) is 6.64. The molecule has 1 aromatic heterocycles. The van der Waals surface area contributed by atoms with Crippen molar-refractivity contribution in [2.24, 2.45) is 5.92 Å². The lowest BCUT2D eigenvalue weighted by Crippen LogP contribution is -2.11. The van der Waals surface area contributed by atoms with Crippen LogP contribution in [0.1, 0.15) is 57.6 Å². The SMILES string of the molecule is CCCCCOc1ccc2c(C)c(CCC(C)C)c(=O)oc2c1. The molecule has 0 fully saturated rings. The summed E-state index contributed by atoms with van der Waals surface area (Å²) in [7, 11) is 0. The topological polar surface area (TPSA) is 39.4 Å².